The van der Waals surface area contributed by atoms with Gasteiger partial charge in [0.1, 0.15) is 18.1 Å². The number of methoxy groups -OCH3 is 1. The van der Waals surface area contributed by atoms with E-state index < -0.39 is 17.7 Å². The zero-order valence-corrected chi connectivity index (χ0v) is 16.2. The number of benzene rings is 2. The number of aliphatic hydroxyl groups is 1. The Kier molecular flexibility index (Phi) is 6.46. The van der Waals surface area contributed by atoms with Gasteiger partial charge in [-0.25, -0.2) is 0 Å². The molecule has 0 spiro atoms. The van der Waals surface area contributed by atoms with E-state index in [1.165, 1.54) is 12.0 Å². The summed E-state index contributed by atoms with van der Waals surface area (Å²) in [4.78, 5) is 27.0. The third-order valence-corrected chi connectivity index (χ3v) is 4.67. The molecule has 150 valence electrons. The molecule has 0 saturated carbocycles. The summed E-state index contributed by atoms with van der Waals surface area (Å²) in [5.41, 5.74) is 1.19. The summed E-state index contributed by atoms with van der Waals surface area (Å²) in [5.74, 6) is -1.00. The Morgan fingerprint density at radius 2 is 1.93 bits per heavy atom. The van der Waals surface area contributed by atoms with E-state index in [0.717, 1.165) is 0 Å². The summed E-state index contributed by atoms with van der Waals surface area (Å²) in [7, 11) is 1.53. The molecule has 29 heavy (non-hydrogen) atoms. The number of likely N-dealkylation sites (tertiary alicyclic amines) is 1. The molecule has 1 N–H and O–H groups in total. The molecule has 6 heteroatoms. The predicted octanol–water partition coefficient (Wildman–Crippen LogP) is 3.32. The lowest BCUT2D eigenvalue weighted by molar-refractivity contribution is -0.140. The lowest BCUT2D eigenvalue weighted by Crippen LogP contribution is -2.32. The van der Waals surface area contributed by atoms with Crippen LogP contribution in [0.3, 0.4) is 0 Å². The zero-order chi connectivity index (χ0) is 20.8. The summed E-state index contributed by atoms with van der Waals surface area (Å²) >= 11 is 0. The van der Waals surface area contributed by atoms with E-state index >= 15 is 0 Å². The van der Waals surface area contributed by atoms with Crippen molar-refractivity contribution < 1.29 is 24.2 Å². The quantitative estimate of drug-likeness (QED) is 0.322. The molecule has 1 aliphatic heterocycles. The van der Waals surface area contributed by atoms with E-state index in [0.29, 0.717) is 23.5 Å². The Balaban J connectivity index is 2.12. The fraction of sp³-hybridized carbons (Fsp3) is 0.217. The number of Topliss-reactive ketones (excluding diaryl/α,β-unsaturated/α-hetero) is 1. The zero-order valence-electron chi connectivity index (χ0n) is 16.2. The lowest BCUT2D eigenvalue weighted by Gasteiger charge is -2.25. The highest BCUT2D eigenvalue weighted by Gasteiger charge is 2.45. The average molecular weight is 393 g/mol. The Morgan fingerprint density at radius 3 is 2.62 bits per heavy atom. The summed E-state index contributed by atoms with van der Waals surface area (Å²) in [6, 6.07) is 15.1. The molecule has 2 aromatic carbocycles. The first-order chi connectivity index (χ1) is 14.1. The average Bonchev–Trinajstić information content (AvgIpc) is 3.01. The summed E-state index contributed by atoms with van der Waals surface area (Å²) < 4.78 is 10.7. The van der Waals surface area contributed by atoms with Crippen LogP contribution in [0.25, 0.3) is 5.76 Å². The normalized spacial score (nSPS) is 18.1. The van der Waals surface area contributed by atoms with Crippen LogP contribution in [0, 0.1) is 0 Å². The maximum atomic E-state index is 12.8. The van der Waals surface area contributed by atoms with Crippen molar-refractivity contribution in [2.24, 2.45) is 0 Å². The smallest absolute Gasteiger partial charge is 0.295 e. The van der Waals surface area contributed by atoms with Gasteiger partial charge in [-0.3, -0.25) is 9.59 Å². The van der Waals surface area contributed by atoms with Crippen molar-refractivity contribution in [1.29, 1.82) is 0 Å². The second-order valence-corrected chi connectivity index (χ2v) is 6.52. The number of carbonyl (C=O) groups is 2. The van der Waals surface area contributed by atoms with Crippen LogP contribution in [0.15, 0.2) is 72.8 Å². The number of carbonyl (C=O) groups excluding carboxylic acids is 2. The third kappa shape index (κ3) is 4.22. The van der Waals surface area contributed by atoms with Gasteiger partial charge in [-0.15, -0.1) is 0 Å². The largest absolute Gasteiger partial charge is 0.507 e. The van der Waals surface area contributed by atoms with Crippen molar-refractivity contribution >= 4 is 17.4 Å². The SMILES string of the molecule is C=CCOc1cccc(C2/C(=C(/O)c3ccccc3)C(=O)C(=O)N2CCOC)c1. The molecule has 0 radical (unpaired) electrons. The molecule has 1 aliphatic rings. The maximum Gasteiger partial charge on any atom is 0.295 e. The van der Waals surface area contributed by atoms with Crippen LogP contribution >= 0.6 is 0 Å². The van der Waals surface area contributed by atoms with Gasteiger partial charge in [0.2, 0.25) is 0 Å². The number of nitrogens with zero attached hydrogens (tertiary/aromatic N) is 1. The minimum absolute atomic E-state index is 0.0539. The van der Waals surface area contributed by atoms with Crippen molar-refractivity contribution in [3.63, 3.8) is 0 Å². The van der Waals surface area contributed by atoms with Crippen LogP contribution in [-0.4, -0.2) is 48.6 Å². The fourth-order valence-corrected chi connectivity index (χ4v) is 3.33. The minimum atomic E-state index is -0.738. The van der Waals surface area contributed by atoms with Gasteiger partial charge < -0.3 is 19.5 Å². The molecule has 3 rings (SSSR count). The molecule has 0 aliphatic carbocycles. The molecule has 1 saturated heterocycles. The number of amides is 1. The van der Waals surface area contributed by atoms with Crippen molar-refractivity contribution in [2.75, 3.05) is 26.9 Å². The van der Waals surface area contributed by atoms with Crippen LogP contribution in [0.1, 0.15) is 17.2 Å². The molecule has 1 fully saturated rings. The Morgan fingerprint density at radius 1 is 1.17 bits per heavy atom. The van der Waals surface area contributed by atoms with Gasteiger partial charge in [0.25, 0.3) is 11.7 Å². The summed E-state index contributed by atoms with van der Waals surface area (Å²) in [6.07, 6.45) is 1.63. The number of hydrogen-bond donors (Lipinski definition) is 1. The van der Waals surface area contributed by atoms with E-state index in [2.05, 4.69) is 6.58 Å². The highest BCUT2D eigenvalue weighted by Crippen LogP contribution is 2.40. The van der Waals surface area contributed by atoms with E-state index in [9.17, 15) is 14.7 Å². The van der Waals surface area contributed by atoms with Crippen molar-refractivity contribution in [1.82, 2.24) is 4.90 Å². The van der Waals surface area contributed by atoms with Crippen LogP contribution in [0.2, 0.25) is 0 Å². The number of ketones is 1. The van der Waals surface area contributed by atoms with Gasteiger partial charge in [0, 0.05) is 19.2 Å². The number of aliphatic hydroxyl groups excluding tert-OH is 1. The van der Waals surface area contributed by atoms with Crippen LogP contribution in [0.4, 0.5) is 0 Å². The monoisotopic (exact) mass is 393 g/mol. The van der Waals surface area contributed by atoms with Crippen molar-refractivity contribution in [2.45, 2.75) is 6.04 Å². The van der Waals surface area contributed by atoms with E-state index in [1.807, 2.05) is 6.07 Å². The second-order valence-electron chi connectivity index (χ2n) is 6.52. The highest BCUT2D eigenvalue weighted by atomic mass is 16.5. The van der Waals surface area contributed by atoms with Crippen LogP contribution in [0.5, 0.6) is 5.75 Å². The fourth-order valence-electron chi connectivity index (χ4n) is 3.33. The maximum absolute atomic E-state index is 12.8. The molecule has 2 aromatic rings. The van der Waals surface area contributed by atoms with Gasteiger partial charge in [-0.2, -0.15) is 0 Å². The second kappa shape index (κ2) is 9.21. The van der Waals surface area contributed by atoms with Crippen LogP contribution in [-0.2, 0) is 14.3 Å². The minimum Gasteiger partial charge on any atom is -0.507 e. The Bertz CT molecular complexity index is 935. The molecular formula is C23H23NO5. The summed E-state index contributed by atoms with van der Waals surface area (Å²) in [5, 5.41) is 10.9. The molecule has 6 nitrogen and oxygen atoms in total. The van der Waals surface area contributed by atoms with Crippen molar-refractivity contribution in [3.05, 3.63) is 84.0 Å². The van der Waals surface area contributed by atoms with E-state index in [4.69, 9.17) is 9.47 Å². The standard InChI is InChI=1S/C23H23NO5/c1-3-13-29-18-11-7-10-17(15-18)20-19(21(25)16-8-5-4-6-9-16)22(26)23(27)24(20)12-14-28-2/h3-11,15,20,25H,1,12-14H2,2H3/b21-19-. The summed E-state index contributed by atoms with van der Waals surface area (Å²) in [6.45, 7) is 4.45. The molecule has 1 unspecified atom stereocenters. The predicted molar refractivity (Wildman–Crippen MR) is 109 cm³/mol. The van der Waals surface area contributed by atoms with Gasteiger partial charge in [0.05, 0.1) is 18.2 Å². The van der Waals surface area contributed by atoms with Crippen LogP contribution < -0.4 is 4.74 Å². The topological polar surface area (TPSA) is 76.1 Å². The lowest BCUT2D eigenvalue weighted by atomic mass is 9.95. The first-order valence-electron chi connectivity index (χ1n) is 9.25. The van der Waals surface area contributed by atoms with E-state index in [1.54, 1.807) is 54.6 Å². The molecule has 0 bridgehead atoms. The number of rotatable bonds is 8. The third-order valence-electron chi connectivity index (χ3n) is 4.67. The Labute approximate surface area is 169 Å². The number of hydrogen-bond acceptors (Lipinski definition) is 5. The van der Waals surface area contributed by atoms with Gasteiger partial charge >= 0.3 is 0 Å². The molecule has 1 amide bonds. The first-order valence-corrected chi connectivity index (χ1v) is 9.25. The highest BCUT2D eigenvalue weighted by molar-refractivity contribution is 6.46. The van der Waals surface area contributed by atoms with Gasteiger partial charge in [-0.05, 0) is 17.7 Å². The van der Waals surface area contributed by atoms with Crippen molar-refractivity contribution in [3.8, 4) is 5.75 Å². The first kappa shape index (κ1) is 20.4. The van der Waals surface area contributed by atoms with Gasteiger partial charge in [-0.1, -0.05) is 55.1 Å². The molecule has 0 aromatic heterocycles. The van der Waals surface area contributed by atoms with E-state index in [-0.39, 0.29) is 24.5 Å². The van der Waals surface area contributed by atoms with Gasteiger partial charge in [0.15, 0.2) is 0 Å². The Hall–Kier alpha value is -3.38. The molecule has 1 heterocycles. The molecule has 1 atom stereocenters. The molecular weight excluding hydrogens is 370 g/mol. The number of ether oxygens (including phenoxy) is 2.